The third-order valence-electron chi connectivity index (χ3n) is 2.29. The van der Waals surface area contributed by atoms with E-state index in [2.05, 4.69) is 42.6 Å². The van der Waals surface area contributed by atoms with E-state index in [9.17, 15) is 0 Å². The molecule has 1 aromatic carbocycles. The maximum atomic E-state index is 3.47. The van der Waals surface area contributed by atoms with E-state index >= 15 is 0 Å². The summed E-state index contributed by atoms with van der Waals surface area (Å²) in [6.45, 7) is 4.49. The van der Waals surface area contributed by atoms with Crippen molar-refractivity contribution >= 4 is 11.8 Å². The van der Waals surface area contributed by atoms with Crippen molar-refractivity contribution in [1.82, 2.24) is 5.32 Å². The largest absolute Gasteiger partial charge is 0.316 e. The topological polar surface area (TPSA) is 12.0 Å². The molecule has 1 aromatic rings. The maximum Gasteiger partial charge on any atom is 0.00579 e. The highest BCUT2D eigenvalue weighted by atomic mass is 32.2. The Balaban J connectivity index is 1.93. The Kier molecular flexibility index (Phi) is 7.40. The molecule has 0 radical (unpaired) electrons. The number of rotatable bonds is 8. The highest BCUT2D eigenvalue weighted by Gasteiger charge is 1.91. The molecule has 15 heavy (non-hydrogen) atoms. The maximum absolute atomic E-state index is 3.47. The van der Waals surface area contributed by atoms with Crippen molar-refractivity contribution in [2.75, 3.05) is 24.6 Å². The van der Waals surface area contributed by atoms with Crippen LogP contribution in [0.25, 0.3) is 0 Å². The fourth-order valence-corrected chi connectivity index (χ4v) is 2.05. The zero-order chi connectivity index (χ0) is 10.8. The normalized spacial score (nSPS) is 10.5. The zero-order valence-corrected chi connectivity index (χ0v) is 10.4. The van der Waals surface area contributed by atoms with Crippen molar-refractivity contribution in [2.45, 2.75) is 19.8 Å². The minimum atomic E-state index is 1.14. The molecule has 0 unspecified atom stereocenters. The van der Waals surface area contributed by atoms with Gasteiger partial charge in [0.2, 0.25) is 0 Å². The summed E-state index contributed by atoms with van der Waals surface area (Å²) >= 11 is 2.00. The molecule has 1 nitrogen and oxygen atoms in total. The number of aryl methyl sites for hydroxylation is 1. The van der Waals surface area contributed by atoms with Crippen LogP contribution in [0.2, 0.25) is 0 Å². The molecule has 0 aromatic heterocycles. The molecule has 0 saturated carbocycles. The van der Waals surface area contributed by atoms with E-state index in [0.717, 1.165) is 13.1 Å². The van der Waals surface area contributed by atoms with Gasteiger partial charge in [0.1, 0.15) is 0 Å². The van der Waals surface area contributed by atoms with Crippen LogP contribution in [0.15, 0.2) is 30.3 Å². The van der Waals surface area contributed by atoms with Gasteiger partial charge in [0.25, 0.3) is 0 Å². The Morgan fingerprint density at radius 2 is 1.93 bits per heavy atom. The van der Waals surface area contributed by atoms with Crippen molar-refractivity contribution < 1.29 is 0 Å². The summed E-state index contributed by atoms with van der Waals surface area (Å²) in [7, 11) is 0. The average Bonchev–Trinajstić information content (AvgIpc) is 2.29. The highest BCUT2D eigenvalue weighted by Crippen LogP contribution is 2.01. The first-order valence-corrected chi connectivity index (χ1v) is 6.91. The van der Waals surface area contributed by atoms with E-state index in [-0.39, 0.29) is 0 Å². The van der Waals surface area contributed by atoms with Gasteiger partial charge in [-0.15, -0.1) is 0 Å². The van der Waals surface area contributed by atoms with Gasteiger partial charge in [-0.3, -0.25) is 0 Å². The van der Waals surface area contributed by atoms with E-state index in [1.54, 1.807) is 0 Å². The van der Waals surface area contributed by atoms with Crippen LogP contribution in [0.5, 0.6) is 0 Å². The molecule has 1 rings (SSSR count). The van der Waals surface area contributed by atoms with Crippen molar-refractivity contribution in [2.24, 2.45) is 0 Å². The molecule has 0 aliphatic heterocycles. The second kappa shape index (κ2) is 8.81. The summed E-state index contributed by atoms with van der Waals surface area (Å²) in [6.07, 6.45) is 2.43. The molecule has 2 heteroatoms. The van der Waals surface area contributed by atoms with E-state index in [1.165, 1.54) is 29.9 Å². The third-order valence-corrected chi connectivity index (χ3v) is 3.19. The standard InChI is InChI=1S/C13H21NS/c1-2-15-12-11-14-10-6-9-13-7-4-3-5-8-13/h3-5,7-8,14H,2,6,9-12H2,1H3. The smallest absolute Gasteiger partial charge is 0.00579 e. The van der Waals surface area contributed by atoms with Crippen molar-refractivity contribution in [3.05, 3.63) is 35.9 Å². The molecule has 0 fully saturated rings. The lowest BCUT2D eigenvalue weighted by atomic mass is 10.1. The Hall–Kier alpha value is -0.470. The molecule has 0 saturated heterocycles. The number of benzene rings is 1. The van der Waals surface area contributed by atoms with Gasteiger partial charge in [0.15, 0.2) is 0 Å². The predicted molar refractivity (Wildman–Crippen MR) is 70.6 cm³/mol. The molecule has 0 aliphatic carbocycles. The number of nitrogens with one attached hydrogen (secondary N) is 1. The van der Waals surface area contributed by atoms with Crippen molar-refractivity contribution in [3.8, 4) is 0 Å². The van der Waals surface area contributed by atoms with Gasteiger partial charge in [-0.2, -0.15) is 11.8 Å². The Bertz CT molecular complexity index is 236. The summed E-state index contributed by atoms with van der Waals surface area (Å²) in [5.41, 5.74) is 1.45. The summed E-state index contributed by atoms with van der Waals surface area (Å²) in [5, 5.41) is 3.47. The Morgan fingerprint density at radius 1 is 1.13 bits per heavy atom. The Morgan fingerprint density at radius 3 is 2.67 bits per heavy atom. The molecule has 1 N–H and O–H groups in total. The van der Waals surface area contributed by atoms with Crippen LogP contribution < -0.4 is 5.32 Å². The van der Waals surface area contributed by atoms with Gasteiger partial charge >= 0.3 is 0 Å². The minimum absolute atomic E-state index is 1.14. The van der Waals surface area contributed by atoms with Gasteiger partial charge < -0.3 is 5.32 Å². The average molecular weight is 223 g/mol. The first-order valence-electron chi connectivity index (χ1n) is 5.76. The van der Waals surface area contributed by atoms with Gasteiger partial charge in [0, 0.05) is 12.3 Å². The SMILES string of the molecule is CCSCCNCCCc1ccccc1. The van der Waals surface area contributed by atoms with E-state index < -0.39 is 0 Å². The van der Waals surface area contributed by atoms with E-state index in [1.807, 2.05) is 11.8 Å². The monoisotopic (exact) mass is 223 g/mol. The predicted octanol–water partition coefficient (Wildman–Crippen LogP) is 2.96. The summed E-state index contributed by atoms with van der Waals surface area (Å²) in [6, 6.07) is 10.7. The van der Waals surface area contributed by atoms with Crippen molar-refractivity contribution in [1.29, 1.82) is 0 Å². The molecule has 0 amide bonds. The first-order chi connectivity index (χ1) is 7.43. The third kappa shape index (κ3) is 6.58. The summed E-state index contributed by atoms with van der Waals surface area (Å²) in [5.74, 6) is 2.47. The fraction of sp³-hybridized carbons (Fsp3) is 0.538. The molecule has 0 heterocycles. The van der Waals surface area contributed by atoms with Crippen LogP contribution in [0.3, 0.4) is 0 Å². The van der Waals surface area contributed by atoms with Crippen LogP contribution in [0.1, 0.15) is 18.9 Å². The minimum Gasteiger partial charge on any atom is -0.316 e. The molecular weight excluding hydrogens is 202 g/mol. The van der Waals surface area contributed by atoms with Gasteiger partial charge in [0.05, 0.1) is 0 Å². The summed E-state index contributed by atoms with van der Waals surface area (Å²) in [4.78, 5) is 0. The number of hydrogen-bond donors (Lipinski definition) is 1. The van der Waals surface area contributed by atoms with E-state index in [4.69, 9.17) is 0 Å². The second-order valence-corrected chi connectivity index (χ2v) is 4.93. The molecule has 0 atom stereocenters. The first kappa shape index (κ1) is 12.6. The lowest BCUT2D eigenvalue weighted by Gasteiger charge is -2.04. The molecular formula is C13H21NS. The van der Waals surface area contributed by atoms with Crippen LogP contribution in [0, 0.1) is 0 Å². The zero-order valence-electron chi connectivity index (χ0n) is 9.54. The lowest BCUT2D eigenvalue weighted by molar-refractivity contribution is 0.676. The lowest BCUT2D eigenvalue weighted by Crippen LogP contribution is -2.18. The van der Waals surface area contributed by atoms with Crippen molar-refractivity contribution in [3.63, 3.8) is 0 Å². The van der Waals surface area contributed by atoms with Crippen LogP contribution in [-0.4, -0.2) is 24.6 Å². The molecule has 84 valence electrons. The second-order valence-electron chi connectivity index (χ2n) is 3.54. The quantitative estimate of drug-likeness (QED) is 0.680. The number of hydrogen-bond acceptors (Lipinski definition) is 2. The number of thioether (sulfide) groups is 1. The molecule has 0 spiro atoms. The summed E-state index contributed by atoms with van der Waals surface area (Å²) < 4.78 is 0. The van der Waals surface area contributed by atoms with Gasteiger partial charge in [-0.05, 0) is 30.7 Å². The van der Waals surface area contributed by atoms with E-state index in [0.29, 0.717) is 0 Å². The fourth-order valence-electron chi connectivity index (χ4n) is 1.48. The highest BCUT2D eigenvalue weighted by molar-refractivity contribution is 7.99. The van der Waals surface area contributed by atoms with Crippen LogP contribution >= 0.6 is 11.8 Å². The van der Waals surface area contributed by atoms with Crippen LogP contribution in [-0.2, 0) is 6.42 Å². The molecule has 0 aliphatic rings. The Labute approximate surface area is 97.7 Å². The van der Waals surface area contributed by atoms with Gasteiger partial charge in [-0.1, -0.05) is 37.3 Å². The molecule has 0 bridgehead atoms. The van der Waals surface area contributed by atoms with Gasteiger partial charge in [-0.25, -0.2) is 0 Å². The van der Waals surface area contributed by atoms with Crippen LogP contribution in [0.4, 0.5) is 0 Å².